The molecule has 1 amide bonds. The van der Waals surface area contributed by atoms with Gasteiger partial charge in [0.15, 0.2) is 0 Å². The Bertz CT molecular complexity index is 999. The number of aryl methyl sites for hydroxylation is 2. The average molecular weight is 382 g/mol. The summed E-state index contributed by atoms with van der Waals surface area (Å²) >= 11 is 1.78. The van der Waals surface area contributed by atoms with Crippen LogP contribution in [0.1, 0.15) is 29.4 Å². The van der Waals surface area contributed by atoms with Crippen molar-refractivity contribution in [1.82, 2.24) is 14.9 Å². The van der Waals surface area contributed by atoms with E-state index < -0.39 is 0 Å². The Morgan fingerprint density at radius 2 is 1.96 bits per heavy atom. The molecule has 6 heteroatoms. The first-order valence-electron chi connectivity index (χ1n) is 9.07. The zero-order chi connectivity index (χ0) is 19.2. The molecule has 5 nitrogen and oxygen atoms in total. The Labute approximate surface area is 162 Å². The van der Waals surface area contributed by atoms with Crippen LogP contribution < -0.4 is 10.9 Å². The molecule has 1 N–H and O–H groups in total. The molecule has 0 fully saturated rings. The van der Waals surface area contributed by atoms with Crippen LogP contribution in [0.3, 0.4) is 0 Å². The summed E-state index contributed by atoms with van der Waals surface area (Å²) in [5.74, 6) is 0.834. The van der Waals surface area contributed by atoms with E-state index in [1.54, 1.807) is 41.5 Å². The predicted molar refractivity (Wildman–Crippen MR) is 111 cm³/mol. The number of amides is 1. The Kier molecular flexibility index (Phi) is 6.29. The van der Waals surface area contributed by atoms with Crippen molar-refractivity contribution in [2.75, 3.05) is 12.3 Å². The highest BCUT2D eigenvalue weighted by molar-refractivity contribution is 7.99. The van der Waals surface area contributed by atoms with Gasteiger partial charge in [0.05, 0.1) is 11.0 Å². The van der Waals surface area contributed by atoms with E-state index in [-0.39, 0.29) is 11.5 Å². The third-order valence-corrected chi connectivity index (χ3v) is 5.40. The topological polar surface area (TPSA) is 64.0 Å². The van der Waals surface area contributed by atoms with Gasteiger partial charge in [0, 0.05) is 23.5 Å². The first-order chi connectivity index (χ1) is 13.1. The molecule has 0 aliphatic heterocycles. The molecular weight excluding hydrogens is 358 g/mol. The molecule has 2 aromatic carbocycles. The highest BCUT2D eigenvalue weighted by Crippen LogP contribution is 2.17. The minimum Gasteiger partial charge on any atom is -0.352 e. The maximum atomic E-state index is 12.4. The van der Waals surface area contributed by atoms with Crippen LogP contribution in [0.5, 0.6) is 0 Å². The number of rotatable bonds is 7. The zero-order valence-electron chi connectivity index (χ0n) is 15.6. The van der Waals surface area contributed by atoms with E-state index in [0.29, 0.717) is 29.9 Å². The summed E-state index contributed by atoms with van der Waals surface area (Å²) in [4.78, 5) is 30.2. The monoisotopic (exact) mass is 381 g/mol. The van der Waals surface area contributed by atoms with Crippen molar-refractivity contribution in [3.05, 3.63) is 70.1 Å². The molecule has 1 aromatic heterocycles. The van der Waals surface area contributed by atoms with Gasteiger partial charge in [-0.2, -0.15) is 0 Å². The van der Waals surface area contributed by atoms with Gasteiger partial charge in [0.25, 0.3) is 11.5 Å². The van der Waals surface area contributed by atoms with Gasteiger partial charge in [-0.05, 0) is 56.4 Å². The summed E-state index contributed by atoms with van der Waals surface area (Å²) < 4.78 is 1.68. The van der Waals surface area contributed by atoms with Crippen LogP contribution in [-0.2, 0) is 6.54 Å². The number of carbonyl (C=O) groups is 1. The fourth-order valence-electron chi connectivity index (χ4n) is 2.91. The van der Waals surface area contributed by atoms with Crippen LogP contribution in [-0.4, -0.2) is 27.8 Å². The number of hydrogen-bond donors (Lipinski definition) is 1. The lowest BCUT2D eigenvalue weighted by molar-refractivity contribution is 0.0954. The maximum Gasteiger partial charge on any atom is 0.272 e. The van der Waals surface area contributed by atoms with Gasteiger partial charge in [0.2, 0.25) is 0 Å². The molecule has 0 radical (unpaired) electrons. The second-order valence-electron chi connectivity index (χ2n) is 6.22. The molecule has 3 rings (SSSR count). The first kappa shape index (κ1) is 19.2. The Hall–Kier alpha value is -2.60. The normalized spacial score (nSPS) is 10.9. The van der Waals surface area contributed by atoms with Crippen LogP contribution in [0.15, 0.2) is 58.2 Å². The molecule has 0 saturated heterocycles. The summed E-state index contributed by atoms with van der Waals surface area (Å²) in [5.41, 5.74) is 2.34. The summed E-state index contributed by atoms with van der Waals surface area (Å²) in [6.45, 7) is 4.82. The van der Waals surface area contributed by atoms with Crippen molar-refractivity contribution in [3.63, 3.8) is 0 Å². The van der Waals surface area contributed by atoms with Crippen LogP contribution in [0.25, 0.3) is 11.0 Å². The Morgan fingerprint density at radius 1 is 1.19 bits per heavy atom. The predicted octanol–water partition coefficient (Wildman–Crippen LogP) is 3.64. The molecule has 0 aliphatic carbocycles. The Morgan fingerprint density at radius 3 is 2.70 bits per heavy atom. The third kappa shape index (κ3) is 4.57. The second-order valence-corrected chi connectivity index (χ2v) is 7.39. The smallest absolute Gasteiger partial charge is 0.272 e. The van der Waals surface area contributed by atoms with Gasteiger partial charge >= 0.3 is 0 Å². The standard InChI is InChI=1S/C21H23N3O2S/c1-3-24-19-11-10-16(14-18(19)23-15(2)21(24)26)20(25)22-12-7-13-27-17-8-5-4-6-9-17/h4-6,8-11,14H,3,7,12-13H2,1-2H3,(H,22,25). The number of fused-ring (bicyclic) bond motifs is 1. The molecule has 140 valence electrons. The van der Waals surface area contributed by atoms with Crippen molar-refractivity contribution in [1.29, 1.82) is 0 Å². The fraction of sp³-hybridized carbons (Fsp3) is 0.286. The lowest BCUT2D eigenvalue weighted by Gasteiger charge is -2.10. The highest BCUT2D eigenvalue weighted by Gasteiger charge is 2.11. The van der Waals surface area contributed by atoms with E-state index in [4.69, 9.17) is 0 Å². The molecule has 0 bridgehead atoms. The Balaban J connectivity index is 1.60. The number of nitrogens with one attached hydrogen (secondary N) is 1. The number of aromatic nitrogens is 2. The summed E-state index contributed by atoms with van der Waals surface area (Å²) in [5, 5.41) is 2.96. The van der Waals surface area contributed by atoms with E-state index in [1.165, 1.54) is 4.90 Å². The van der Waals surface area contributed by atoms with Crippen molar-refractivity contribution in [2.24, 2.45) is 0 Å². The molecule has 3 aromatic rings. The summed E-state index contributed by atoms with van der Waals surface area (Å²) in [7, 11) is 0. The van der Waals surface area contributed by atoms with Gasteiger partial charge in [-0.25, -0.2) is 4.98 Å². The van der Waals surface area contributed by atoms with E-state index in [2.05, 4.69) is 22.4 Å². The second kappa shape index (κ2) is 8.86. The molecule has 0 aliphatic rings. The first-order valence-corrected chi connectivity index (χ1v) is 10.1. The quantitative estimate of drug-likeness (QED) is 0.501. The van der Waals surface area contributed by atoms with Gasteiger partial charge in [0.1, 0.15) is 5.69 Å². The van der Waals surface area contributed by atoms with E-state index >= 15 is 0 Å². The summed E-state index contributed by atoms with van der Waals surface area (Å²) in [6.07, 6.45) is 0.894. The van der Waals surface area contributed by atoms with Gasteiger partial charge < -0.3 is 9.88 Å². The number of hydrogen-bond acceptors (Lipinski definition) is 4. The molecule has 0 atom stereocenters. The number of thioether (sulfide) groups is 1. The largest absolute Gasteiger partial charge is 0.352 e. The number of carbonyl (C=O) groups excluding carboxylic acids is 1. The highest BCUT2D eigenvalue weighted by atomic mass is 32.2. The van der Waals surface area contributed by atoms with E-state index in [0.717, 1.165) is 17.7 Å². The minimum atomic E-state index is -0.115. The van der Waals surface area contributed by atoms with Crippen LogP contribution in [0.2, 0.25) is 0 Å². The van der Waals surface area contributed by atoms with Crippen LogP contribution in [0.4, 0.5) is 0 Å². The maximum absolute atomic E-state index is 12.4. The van der Waals surface area contributed by atoms with Crippen molar-refractivity contribution >= 4 is 28.7 Å². The van der Waals surface area contributed by atoms with Crippen molar-refractivity contribution < 1.29 is 4.79 Å². The van der Waals surface area contributed by atoms with Gasteiger partial charge in [-0.15, -0.1) is 11.8 Å². The van der Waals surface area contributed by atoms with E-state index in [9.17, 15) is 9.59 Å². The number of benzene rings is 2. The lowest BCUT2D eigenvalue weighted by Crippen LogP contribution is -2.26. The fourth-order valence-corrected chi connectivity index (χ4v) is 3.79. The molecule has 0 spiro atoms. The zero-order valence-corrected chi connectivity index (χ0v) is 16.4. The average Bonchev–Trinajstić information content (AvgIpc) is 2.69. The number of nitrogens with zero attached hydrogens (tertiary/aromatic N) is 2. The van der Waals surface area contributed by atoms with Gasteiger partial charge in [-0.1, -0.05) is 18.2 Å². The molecule has 1 heterocycles. The molecule has 0 unspecified atom stereocenters. The van der Waals surface area contributed by atoms with E-state index in [1.807, 2.05) is 25.1 Å². The van der Waals surface area contributed by atoms with Crippen LogP contribution in [0, 0.1) is 6.92 Å². The summed E-state index contributed by atoms with van der Waals surface area (Å²) in [6, 6.07) is 15.5. The SMILES string of the molecule is CCn1c(=O)c(C)nc2cc(C(=O)NCCCSc3ccccc3)ccc21. The molecule has 27 heavy (non-hydrogen) atoms. The lowest BCUT2D eigenvalue weighted by atomic mass is 10.1. The molecule has 0 saturated carbocycles. The molecular formula is C21H23N3O2S. The van der Waals surface area contributed by atoms with Gasteiger partial charge in [-0.3, -0.25) is 9.59 Å². The minimum absolute atomic E-state index is 0.0851. The van der Waals surface area contributed by atoms with Crippen molar-refractivity contribution in [3.8, 4) is 0 Å². The van der Waals surface area contributed by atoms with Crippen molar-refractivity contribution in [2.45, 2.75) is 31.7 Å². The van der Waals surface area contributed by atoms with Crippen LogP contribution >= 0.6 is 11.8 Å². The third-order valence-electron chi connectivity index (χ3n) is 4.31.